The molecule has 0 aliphatic rings. The molecule has 1 aromatic heterocycles. The first kappa shape index (κ1) is 14.0. The zero-order valence-electron chi connectivity index (χ0n) is 9.78. The quantitative estimate of drug-likeness (QED) is 0.849. The summed E-state index contributed by atoms with van der Waals surface area (Å²) in [4.78, 5) is 25.6. The van der Waals surface area contributed by atoms with Gasteiger partial charge >= 0.3 is 5.69 Å². The molecule has 0 bridgehead atoms. The van der Waals surface area contributed by atoms with Crippen LogP contribution in [0.25, 0.3) is 0 Å². The SMILES string of the molecule is CC(c1cccc(Br)c1)n1c(=O)[nH]c(Cl)c(F)c1=O. The summed E-state index contributed by atoms with van der Waals surface area (Å²) in [6.45, 7) is 1.63. The fraction of sp³-hybridized carbons (Fsp3) is 0.167. The Hall–Kier alpha value is -1.40. The molecule has 4 nitrogen and oxygen atoms in total. The van der Waals surface area contributed by atoms with Crippen LogP contribution in [0.1, 0.15) is 18.5 Å². The number of aromatic amines is 1. The number of benzene rings is 1. The first-order chi connectivity index (χ1) is 8.91. The molecule has 1 aromatic carbocycles. The van der Waals surface area contributed by atoms with Gasteiger partial charge in [0.1, 0.15) is 0 Å². The summed E-state index contributed by atoms with van der Waals surface area (Å²) in [5.74, 6) is -1.16. The third-order valence-electron chi connectivity index (χ3n) is 2.75. The highest BCUT2D eigenvalue weighted by atomic mass is 79.9. The molecule has 1 atom stereocenters. The molecule has 7 heteroatoms. The Balaban J connectivity index is 2.63. The van der Waals surface area contributed by atoms with Crippen LogP contribution in [0.3, 0.4) is 0 Å². The van der Waals surface area contributed by atoms with Crippen LogP contribution in [-0.4, -0.2) is 9.55 Å². The summed E-state index contributed by atoms with van der Waals surface area (Å²) in [5.41, 5.74) is -1.09. The fourth-order valence-corrected chi connectivity index (χ4v) is 2.35. The molecule has 1 unspecified atom stereocenters. The van der Waals surface area contributed by atoms with Gasteiger partial charge in [-0.05, 0) is 24.6 Å². The van der Waals surface area contributed by atoms with E-state index in [9.17, 15) is 14.0 Å². The number of rotatable bonds is 2. The van der Waals surface area contributed by atoms with E-state index >= 15 is 0 Å². The van der Waals surface area contributed by atoms with Crippen molar-refractivity contribution in [2.75, 3.05) is 0 Å². The second-order valence-corrected chi connectivity index (χ2v) is 5.26. The number of nitrogens with zero attached hydrogens (tertiary/aromatic N) is 1. The molecule has 0 spiro atoms. The van der Waals surface area contributed by atoms with Gasteiger partial charge < -0.3 is 0 Å². The highest BCUT2D eigenvalue weighted by molar-refractivity contribution is 9.10. The first-order valence-electron chi connectivity index (χ1n) is 5.37. The topological polar surface area (TPSA) is 54.9 Å². The third kappa shape index (κ3) is 2.64. The van der Waals surface area contributed by atoms with E-state index < -0.39 is 28.3 Å². The van der Waals surface area contributed by atoms with Crippen molar-refractivity contribution in [3.05, 3.63) is 66.1 Å². The van der Waals surface area contributed by atoms with Crippen molar-refractivity contribution >= 4 is 27.5 Å². The zero-order chi connectivity index (χ0) is 14.2. The van der Waals surface area contributed by atoms with Crippen LogP contribution in [0.2, 0.25) is 5.15 Å². The monoisotopic (exact) mass is 346 g/mol. The number of hydrogen-bond donors (Lipinski definition) is 1. The maximum absolute atomic E-state index is 13.5. The van der Waals surface area contributed by atoms with Crippen LogP contribution >= 0.6 is 27.5 Å². The van der Waals surface area contributed by atoms with Crippen molar-refractivity contribution in [1.82, 2.24) is 9.55 Å². The van der Waals surface area contributed by atoms with Crippen molar-refractivity contribution in [3.8, 4) is 0 Å². The average molecular weight is 348 g/mol. The average Bonchev–Trinajstić information content (AvgIpc) is 2.36. The highest BCUT2D eigenvalue weighted by Crippen LogP contribution is 2.19. The summed E-state index contributed by atoms with van der Waals surface area (Å²) in [7, 11) is 0. The summed E-state index contributed by atoms with van der Waals surface area (Å²) < 4.78 is 15.1. The van der Waals surface area contributed by atoms with Gasteiger partial charge in [-0.3, -0.25) is 14.3 Å². The largest absolute Gasteiger partial charge is 0.330 e. The molecule has 1 N–H and O–H groups in total. The summed E-state index contributed by atoms with van der Waals surface area (Å²) in [6.07, 6.45) is 0. The predicted molar refractivity (Wildman–Crippen MR) is 74.2 cm³/mol. The molecular formula is C12H9BrClFN2O2. The van der Waals surface area contributed by atoms with E-state index in [-0.39, 0.29) is 0 Å². The predicted octanol–water partition coefficient (Wildman–Crippen LogP) is 2.70. The van der Waals surface area contributed by atoms with Gasteiger partial charge in [0.15, 0.2) is 5.15 Å². The number of aromatic nitrogens is 2. The van der Waals surface area contributed by atoms with E-state index in [2.05, 4.69) is 20.9 Å². The molecule has 0 aliphatic carbocycles. The Kier molecular flexibility index (Phi) is 3.91. The molecule has 2 rings (SSSR count). The normalized spacial score (nSPS) is 12.4. The molecule has 0 saturated carbocycles. The van der Waals surface area contributed by atoms with E-state index in [1.807, 2.05) is 6.07 Å². The van der Waals surface area contributed by atoms with Crippen LogP contribution in [0.5, 0.6) is 0 Å². The van der Waals surface area contributed by atoms with E-state index in [1.165, 1.54) is 0 Å². The van der Waals surface area contributed by atoms with Crippen LogP contribution in [0.4, 0.5) is 4.39 Å². The van der Waals surface area contributed by atoms with Crippen molar-refractivity contribution < 1.29 is 4.39 Å². The van der Waals surface area contributed by atoms with Crippen molar-refractivity contribution in [2.24, 2.45) is 0 Å². The number of H-pyrrole nitrogens is 1. The van der Waals surface area contributed by atoms with Gasteiger partial charge in [-0.15, -0.1) is 0 Å². The van der Waals surface area contributed by atoms with Gasteiger partial charge in [0.2, 0.25) is 5.82 Å². The van der Waals surface area contributed by atoms with E-state index in [4.69, 9.17) is 11.6 Å². The summed E-state index contributed by atoms with van der Waals surface area (Å²) in [5, 5.41) is -0.576. The van der Waals surface area contributed by atoms with E-state index in [1.54, 1.807) is 25.1 Å². The van der Waals surface area contributed by atoms with Gasteiger partial charge in [0, 0.05) is 4.47 Å². The van der Waals surface area contributed by atoms with Gasteiger partial charge in [0.05, 0.1) is 6.04 Å². The molecular weight excluding hydrogens is 338 g/mol. The van der Waals surface area contributed by atoms with Crippen molar-refractivity contribution in [1.29, 1.82) is 0 Å². The Morgan fingerprint density at radius 1 is 1.42 bits per heavy atom. The lowest BCUT2D eigenvalue weighted by molar-refractivity contribution is 0.515. The lowest BCUT2D eigenvalue weighted by Gasteiger charge is -2.14. The molecule has 0 fully saturated rings. The van der Waals surface area contributed by atoms with Gasteiger partial charge in [-0.2, -0.15) is 4.39 Å². The first-order valence-corrected chi connectivity index (χ1v) is 6.54. The van der Waals surface area contributed by atoms with Crippen LogP contribution in [0.15, 0.2) is 38.3 Å². The van der Waals surface area contributed by atoms with Gasteiger partial charge in [-0.25, -0.2) is 4.79 Å². The molecule has 0 amide bonds. The molecule has 0 saturated heterocycles. The van der Waals surface area contributed by atoms with Crippen LogP contribution in [0, 0.1) is 5.82 Å². The smallest absolute Gasteiger partial charge is 0.295 e. The van der Waals surface area contributed by atoms with Crippen molar-refractivity contribution in [3.63, 3.8) is 0 Å². The minimum atomic E-state index is -1.16. The second kappa shape index (κ2) is 5.30. The maximum Gasteiger partial charge on any atom is 0.330 e. The molecule has 2 aromatic rings. The standard InChI is InChI=1S/C12H9BrClFN2O2/c1-6(7-3-2-4-8(13)5-7)17-11(18)9(15)10(14)16-12(17)19/h2-6H,1H3,(H,16,19). The third-order valence-corrected chi connectivity index (χ3v) is 3.51. The minimum Gasteiger partial charge on any atom is -0.295 e. The molecule has 0 radical (unpaired) electrons. The van der Waals surface area contributed by atoms with Crippen molar-refractivity contribution in [2.45, 2.75) is 13.0 Å². The Morgan fingerprint density at radius 3 is 2.74 bits per heavy atom. The fourth-order valence-electron chi connectivity index (χ4n) is 1.77. The van der Waals surface area contributed by atoms with Crippen LogP contribution in [-0.2, 0) is 0 Å². The van der Waals surface area contributed by atoms with Gasteiger partial charge in [0.25, 0.3) is 5.56 Å². The second-order valence-electron chi connectivity index (χ2n) is 3.96. The number of hydrogen-bond acceptors (Lipinski definition) is 2. The summed E-state index contributed by atoms with van der Waals surface area (Å²) in [6, 6.07) is 6.46. The van der Waals surface area contributed by atoms with Crippen LogP contribution < -0.4 is 11.2 Å². The maximum atomic E-state index is 13.5. The lowest BCUT2D eigenvalue weighted by atomic mass is 10.1. The molecule has 19 heavy (non-hydrogen) atoms. The van der Waals surface area contributed by atoms with E-state index in [0.717, 1.165) is 9.04 Å². The molecule has 0 aliphatic heterocycles. The zero-order valence-corrected chi connectivity index (χ0v) is 12.1. The molecule has 1 heterocycles. The number of halogens is 3. The van der Waals surface area contributed by atoms with E-state index in [0.29, 0.717) is 5.56 Å². The minimum absolute atomic E-state index is 0.576. The Morgan fingerprint density at radius 2 is 2.11 bits per heavy atom. The summed E-state index contributed by atoms with van der Waals surface area (Å²) >= 11 is 8.71. The molecule has 100 valence electrons. The number of nitrogens with one attached hydrogen (secondary N) is 1. The Bertz CT molecular complexity index is 741. The van der Waals surface area contributed by atoms with Gasteiger partial charge in [-0.1, -0.05) is 39.7 Å². The Labute approximate surface area is 121 Å². The lowest BCUT2D eigenvalue weighted by Crippen LogP contribution is -2.39. The highest BCUT2D eigenvalue weighted by Gasteiger charge is 2.18.